The summed E-state index contributed by atoms with van der Waals surface area (Å²) in [6.45, 7) is 10.5. The molecule has 0 amide bonds. The van der Waals surface area contributed by atoms with Gasteiger partial charge in [0.2, 0.25) is 0 Å². The minimum atomic E-state index is -0.381. The highest BCUT2D eigenvalue weighted by molar-refractivity contribution is 7.99. The molecule has 1 aliphatic heterocycles. The first-order valence-electron chi connectivity index (χ1n) is 9.39. The molecule has 3 aromatic rings. The second-order valence-corrected chi connectivity index (χ2v) is 8.61. The summed E-state index contributed by atoms with van der Waals surface area (Å²) in [4.78, 5) is 18.4. The van der Waals surface area contributed by atoms with E-state index >= 15 is 0 Å². The first-order valence-corrected chi connectivity index (χ1v) is 10.2. The second kappa shape index (κ2) is 7.10. The lowest BCUT2D eigenvalue weighted by atomic mass is 9.83. The molecular weight excluding hydrogens is 366 g/mol. The predicted molar refractivity (Wildman–Crippen MR) is 114 cm³/mol. The zero-order valence-corrected chi connectivity index (χ0v) is 17.4. The molecule has 0 saturated heterocycles. The average Bonchev–Trinajstić information content (AvgIpc) is 2.69. The molecule has 0 fully saturated rings. The molecule has 0 bridgehead atoms. The molecule has 0 saturated carbocycles. The number of carbonyl (C=O) groups excluding carboxylic acids is 1. The minimum Gasteiger partial charge on any atom is -0.466 e. The van der Waals surface area contributed by atoms with Crippen LogP contribution in [0, 0.1) is 6.92 Å². The molecule has 0 radical (unpaired) electrons. The quantitative estimate of drug-likeness (QED) is 0.407. The number of carbonyl (C=O) groups is 1. The number of esters is 1. The van der Waals surface area contributed by atoms with Crippen LogP contribution in [0.25, 0.3) is 10.9 Å². The number of aryl methyl sites for hydroxylation is 1. The number of methoxy groups -OCH3 is 1. The van der Waals surface area contributed by atoms with Gasteiger partial charge in [0.05, 0.1) is 12.6 Å². The Kier molecular flexibility index (Phi) is 4.76. The van der Waals surface area contributed by atoms with Crippen molar-refractivity contribution in [2.24, 2.45) is 0 Å². The van der Waals surface area contributed by atoms with E-state index in [4.69, 9.17) is 9.72 Å². The summed E-state index contributed by atoms with van der Waals surface area (Å²) in [5.41, 5.74) is 5.96. The van der Waals surface area contributed by atoms with Crippen LogP contribution >= 0.6 is 11.8 Å². The van der Waals surface area contributed by atoms with Crippen LogP contribution < -0.4 is 0 Å². The number of rotatable bonds is 3. The molecule has 4 rings (SSSR count). The van der Waals surface area contributed by atoms with Crippen molar-refractivity contribution in [1.82, 2.24) is 4.98 Å². The van der Waals surface area contributed by atoms with Gasteiger partial charge < -0.3 is 4.74 Å². The van der Waals surface area contributed by atoms with Crippen molar-refractivity contribution in [2.75, 3.05) is 7.11 Å². The first kappa shape index (κ1) is 18.8. The molecule has 1 aromatic heterocycles. The van der Waals surface area contributed by atoms with Gasteiger partial charge in [0.15, 0.2) is 0 Å². The van der Waals surface area contributed by atoms with Gasteiger partial charge in [-0.25, -0.2) is 9.78 Å². The van der Waals surface area contributed by atoms with E-state index in [1.807, 2.05) is 6.07 Å². The van der Waals surface area contributed by atoms with E-state index in [0.717, 1.165) is 32.0 Å². The monoisotopic (exact) mass is 389 g/mol. The van der Waals surface area contributed by atoms with Crippen LogP contribution in [0.3, 0.4) is 0 Å². The molecule has 28 heavy (non-hydrogen) atoms. The number of benzene rings is 2. The summed E-state index contributed by atoms with van der Waals surface area (Å²) in [5, 5.41) is 2.00. The number of hydrogen-bond donors (Lipinski definition) is 0. The molecule has 4 heteroatoms. The van der Waals surface area contributed by atoms with Gasteiger partial charge in [0, 0.05) is 21.8 Å². The Morgan fingerprint density at radius 1 is 1.14 bits per heavy atom. The summed E-state index contributed by atoms with van der Waals surface area (Å²) in [6.07, 6.45) is 0. The molecule has 3 nitrogen and oxygen atoms in total. The Bertz CT molecular complexity index is 1120. The van der Waals surface area contributed by atoms with E-state index < -0.39 is 0 Å². The standard InChI is InChI=1S/C24H23NO2S/c1-13(2)16-7-9-21-18(11-16)22(15(4)24(26)27-5)19-12-17-10-14(3)6-8-20(17)25-23(19)28-21/h6-13,22H,4H2,1-3,5H3. The van der Waals surface area contributed by atoms with E-state index in [0.29, 0.717) is 11.5 Å². The van der Waals surface area contributed by atoms with Crippen LogP contribution in [0.5, 0.6) is 0 Å². The van der Waals surface area contributed by atoms with Gasteiger partial charge in [0.1, 0.15) is 5.03 Å². The summed E-state index contributed by atoms with van der Waals surface area (Å²) in [7, 11) is 1.40. The molecule has 1 atom stereocenters. The van der Waals surface area contributed by atoms with E-state index in [-0.39, 0.29) is 11.9 Å². The number of nitrogens with zero attached hydrogens (tertiary/aromatic N) is 1. The Morgan fingerprint density at radius 3 is 2.64 bits per heavy atom. The fourth-order valence-electron chi connectivity index (χ4n) is 3.72. The Labute approximate surface area is 169 Å². The van der Waals surface area contributed by atoms with E-state index in [1.165, 1.54) is 18.2 Å². The molecule has 2 aromatic carbocycles. The number of ether oxygens (including phenoxy) is 1. The van der Waals surface area contributed by atoms with Gasteiger partial charge in [-0.2, -0.15) is 0 Å². The van der Waals surface area contributed by atoms with Gasteiger partial charge in [-0.15, -0.1) is 0 Å². The van der Waals surface area contributed by atoms with Gasteiger partial charge in [-0.05, 0) is 53.8 Å². The number of hydrogen-bond acceptors (Lipinski definition) is 4. The van der Waals surface area contributed by atoms with Crippen LogP contribution in [0.4, 0.5) is 0 Å². The fourth-order valence-corrected chi connectivity index (χ4v) is 4.80. The molecular formula is C24H23NO2S. The third-order valence-electron chi connectivity index (χ3n) is 5.29. The van der Waals surface area contributed by atoms with Crippen LogP contribution in [-0.2, 0) is 9.53 Å². The first-order chi connectivity index (χ1) is 13.4. The van der Waals surface area contributed by atoms with Gasteiger partial charge in [0.25, 0.3) is 0 Å². The third-order valence-corrected chi connectivity index (χ3v) is 6.40. The van der Waals surface area contributed by atoms with Crippen LogP contribution in [0.15, 0.2) is 64.5 Å². The number of fused-ring (bicyclic) bond motifs is 3. The Morgan fingerprint density at radius 2 is 1.93 bits per heavy atom. The summed E-state index contributed by atoms with van der Waals surface area (Å²) in [6, 6.07) is 14.9. The predicted octanol–water partition coefficient (Wildman–Crippen LogP) is 5.99. The average molecular weight is 390 g/mol. The Hall–Kier alpha value is -2.59. The number of pyridine rings is 1. The van der Waals surface area contributed by atoms with E-state index in [2.05, 4.69) is 63.7 Å². The van der Waals surface area contributed by atoms with Crippen molar-refractivity contribution in [2.45, 2.75) is 42.5 Å². The zero-order chi connectivity index (χ0) is 20.0. The lowest BCUT2D eigenvalue weighted by Crippen LogP contribution is -2.18. The van der Waals surface area contributed by atoms with E-state index in [1.54, 1.807) is 11.8 Å². The molecule has 1 aliphatic rings. The van der Waals surface area contributed by atoms with Gasteiger partial charge >= 0.3 is 5.97 Å². The third kappa shape index (κ3) is 3.12. The van der Waals surface area contributed by atoms with Crippen molar-refractivity contribution >= 4 is 28.6 Å². The van der Waals surface area contributed by atoms with Gasteiger partial charge in [-0.1, -0.05) is 56.0 Å². The molecule has 0 N–H and O–H groups in total. The fraction of sp³-hybridized carbons (Fsp3) is 0.250. The minimum absolute atomic E-state index is 0.255. The van der Waals surface area contributed by atoms with Crippen molar-refractivity contribution < 1.29 is 9.53 Å². The second-order valence-electron chi connectivity index (χ2n) is 7.58. The highest BCUT2D eigenvalue weighted by Gasteiger charge is 2.33. The molecule has 0 spiro atoms. The topological polar surface area (TPSA) is 39.2 Å². The molecule has 1 unspecified atom stereocenters. The zero-order valence-electron chi connectivity index (χ0n) is 16.6. The van der Waals surface area contributed by atoms with Crippen molar-refractivity contribution in [3.05, 3.63) is 76.9 Å². The normalized spacial score (nSPS) is 15.2. The van der Waals surface area contributed by atoms with Crippen LogP contribution in [0.1, 0.15) is 47.9 Å². The van der Waals surface area contributed by atoms with Crippen LogP contribution in [-0.4, -0.2) is 18.1 Å². The maximum Gasteiger partial charge on any atom is 0.334 e. The smallest absolute Gasteiger partial charge is 0.334 e. The SMILES string of the molecule is C=C(C(=O)OC)C1c2cc(C(C)C)ccc2Sc2nc3ccc(C)cc3cc21. The summed E-state index contributed by atoms with van der Waals surface area (Å²) in [5.74, 6) is -0.232. The maximum absolute atomic E-state index is 12.4. The highest BCUT2D eigenvalue weighted by Crippen LogP contribution is 2.49. The van der Waals surface area contributed by atoms with Crippen molar-refractivity contribution in [3.8, 4) is 0 Å². The lowest BCUT2D eigenvalue weighted by molar-refractivity contribution is -0.136. The number of aromatic nitrogens is 1. The molecule has 2 heterocycles. The Balaban J connectivity index is 1.97. The summed E-state index contributed by atoms with van der Waals surface area (Å²) < 4.78 is 5.01. The summed E-state index contributed by atoms with van der Waals surface area (Å²) >= 11 is 1.66. The molecule has 142 valence electrons. The van der Waals surface area contributed by atoms with Crippen molar-refractivity contribution in [3.63, 3.8) is 0 Å². The van der Waals surface area contributed by atoms with Crippen LogP contribution in [0.2, 0.25) is 0 Å². The van der Waals surface area contributed by atoms with E-state index in [9.17, 15) is 4.79 Å². The maximum atomic E-state index is 12.4. The largest absolute Gasteiger partial charge is 0.466 e. The lowest BCUT2D eigenvalue weighted by Gasteiger charge is -2.29. The highest BCUT2D eigenvalue weighted by atomic mass is 32.2. The van der Waals surface area contributed by atoms with Gasteiger partial charge in [-0.3, -0.25) is 0 Å². The van der Waals surface area contributed by atoms with Crippen molar-refractivity contribution in [1.29, 1.82) is 0 Å². The molecule has 0 aliphatic carbocycles.